The minimum absolute atomic E-state index is 0.0707. The second-order valence-electron chi connectivity index (χ2n) is 9.76. The average Bonchev–Trinajstić information content (AvgIpc) is 3.41. The van der Waals surface area contributed by atoms with Gasteiger partial charge in [0.15, 0.2) is 0 Å². The third-order valence-corrected chi connectivity index (χ3v) is 7.37. The van der Waals surface area contributed by atoms with Gasteiger partial charge in [-0.1, -0.05) is 0 Å². The summed E-state index contributed by atoms with van der Waals surface area (Å²) in [5.41, 5.74) is -1.42. The highest BCUT2D eigenvalue weighted by molar-refractivity contribution is 6.08. The van der Waals surface area contributed by atoms with Crippen LogP contribution in [0.3, 0.4) is 0 Å². The van der Waals surface area contributed by atoms with Crippen LogP contribution in [0.15, 0.2) is 22.6 Å². The first-order valence-electron chi connectivity index (χ1n) is 11.2. The number of hydrogen-bond acceptors (Lipinski definition) is 5. The van der Waals surface area contributed by atoms with Crippen molar-refractivity contribution in [2.24, 2.45) is 5.92 Å². The highest BCUT2D eigenvalue weighted by Gasteiger charge is 2.49. The Hall–Kier alpha value is -2.26. The molecule has 5 rings (SSSR count). The minimum atomic E-state index is -4.49. The Morgan fingerprint density at radius 2 is 1.91 bits per heavy atom. The number of carbonyl (C=O) groups is 1. The molecule has 32 heavy (non-hydrogen) atoms. The maximum Gasteiger partial charge on any atom is 0.416 e. The SMILES string of the molecule is O=C1NC2(CC2)CN(CCC2CCC(O)(CO)CC2)c2c1oc1ccc(C(F)(F)F)cc21. The van der Waals surface area contributed by atoms with Crippen LogP contribution in [0.25, 0.3) is 11.0 Å². The number of carbonyl (C=O) groups excluding carboxylic acids is 1. The summed E-state index contributed by atoms with van der Waals surface area (Å²) in [5, 5.41) is 23.0. The predicted octanol–water partition coefficient (Wildman–Crippen LogP) is 3.84. The first-order chi connectivity index (χ1) is 15.1. The van der Waals surface area contributed by atoms with Crippen LogP contribution in [0, 0.1) is 5.92 Å². The molecule has 0 saturated heterocycles. The molecule has 2 heterocycles. The summed E-state index contributed by atoms with van der Waals surface area (Å²) in [7, 11) is 0. The zero-order valence-electron chi connectivity index (χ0n) is 17.7. The lowest BCUT2D eigenvalue weighted by molar-refractivity contribution is -0.137. The van der Waals surface area contributed by atoms with E-state index in [4.69, 9.17) is 4.42 Å². The van der Waals surface area contributed by atoms with Crippen LogP contribution in [-0.4, -0.2) is 47.0 Å². The number of rotatable bonds is 4. The molecule has 3 N–H and O–H groups in total. The van der Waals surface area contributed by atoms with E-state index in [1.165, 1.54) is 6.07 Å². The first kappa shape index (κ1) is 21.6. The van der Waals surface area contributed by atoms with Crippen LogP contribution in [0.1, 0.15) is 61.1 Å². The molecule has 6 nitrogen and oxygen atoms in total. The van der Waals surface area contributed by atoms with Crippen LogP contribution in [0.5, 0.6) is 0 Å². The van der Waals surface area contributed by atoms with Crippen molar-refractivity contribution in [1.29, 1.82) is 0 Å². The number of hydrogen-bond donors (Lipinski definition) is 3. The highest BCUT2D eigenvalue weighted by Crippen LogP contribution is 2.45. The highest BCUT2D eigenvalue weighted by atomic mass is 19.4. The van der Waals surface area contributed by atoms with E-state index in [1.54, 1.807) is 0 Å². The van der Waals surface area contributed by atoms with Gasteiger partial charge in [-0.3, -0.25) is 4.79 Å². The second kappa shape index (κ2) is 7.38. The lowest BCUT2D eigenvalue weighted by Crippen LogP contribution is -2.43. The maximum absolute atomic E-state index is 13.4. The zero-order valence-corrected chi connectivity index (χ0v) is 17.7. The number of nitrogens with zero attached hydrogens (tertiary/aromatic N) is 1. The molecule has 0 radical (unpaired) electrons. The number of benzene rings is 1. The van der Waals surface area contributed by atoms with Crippen molar-refractivity contribution in [3.05, 3.63) is 29.5 Å². The molecular weight excluding hydrogens is 425 g/mol. The summed E-state index contributed by atoms with van der Waals surface area (Å²) in [6, 6.07) is 3.33. The molecule has 174 valence electrons. The summed E-state index contributed by atoms with van der Waals surface area (Å²) in [6.07, 6.45) is 0.599. The van der Waals surface area contributed by atoms with E-state index in [2.05, 4.69) is 5.32 Å². The van der Waals surface area contributed by atoms with Crippen molar-refractivity contribution in [1.82, 2.24) is 5.32 Å². The molecule has 9 heteroatoms. The summed E-state index contributed by atoms with van der Waals surface area (Å²) in [6.45, 7) is 0.870. The van der Waals surface area contributed by atoms with E-state index in [1.807, 2.05) is 4.90 Å². The molecule has 3 aliphatic rings. The third-order valence-electron chi connectivity index (χ3n) is 7.37. The fourth-order valence-electron chi connectivity index (χ4n) is 5.14. The van der Waals surface area contributed by atoms with Gasteiger partial charge in [0.05, 0.1) is 29.0 Å². The Morgan fingerprint density at radius 3 is 2.53 bits per heavy atom. The molecule has 1 amide bonds. The largest absolute Gasteiger partial charge is 0.449 e. The van der Waals surface area contributed by atoms with Crippen molar-refractivity contribution in [2.75, 3.05) is 24.6 Å². The topological polar surface area (TPSA) is 85.9 Å². The third kappa shape index (κ3) is 3.85. The Labute approximate surface area is 183 Å². The van der Waals surface area contributed by atoms with Crippen LogP contribution in [0.2, 0.25) is 0 Å². The molecule has 0 unspecified atom stereocenters. The summed E-state index contributed by atoms with van der Waals surface area (Å²) < 4.78 is 45.8. The van der Waals surface area contributed by atoms with Gasteiger partial charge < -0.3 is 24.8 Å². The fraction of sp³-hybridized carbons (Fsp3) is 0.609. The van der Waals surface area contributed by atoms with Gasteiger partial charge in [0.2, 0.25) is 5.76 Å². The van der Waals surface area contributed by atoms with Crippen molar-refractivity contribution < 1.29 is 32.6 Å². The smallest absolute Gasteiger partial charge is 0.416 e. The molecule has 0 atom stereocenters. The van der Waals surface area contributed by atoms with E-state index < -0.39 is 17.3 Å². The van der Waals surface area contributed by atoms with Crippen LogP contribution >= 0.6 is 0 Å². The number of anilines is 1. The monoisotopic (exact) mass is 452 g/mol. The molecule has 2 saturated carbocycles. The molecule has 1 aromatic heterocycles. The molecule has 1 aliphatic heterocycles. The van der Waals surface area contributed by atoms with Gasteiger partial charge in [0, 0.05) is 18.5 Å². The van der Waals surface area contributed by atoms with Crippen molar-refractivity contribution >= 4 is 22.6 Å². The minimum Gasteiger partial charge on any atom is -0.449 e. The Bertz CT molecular complexity index is 1040. The first-order valence-corrected chi connectivity index (χ1v) is 11.2. The summed E-state index contributed by atoms with van der Waals surface area (Å²) in [5.74, 6) is 0.0353. The van der Waals surface area contributed by atoms with Crippen molar-refractivity contribution in [2.45, 2.75) is 62.3 Å². The van der Waals surface area contributed by atoms with Gasteiger partial charge in [-0.05, 0) is 69.1 Å². The summed E-state index contributed by atoms with van der Waals surface area (Å²) in [4.78, 5) is 14.9. The lowest BCUT2D eigenvalue weighted by atomic mass is 9.78. The molecular formula is C23H27F3N2O4. The maximum atomic E-state index is 13.4. The van der Waals surface area contributed by atoms with Gasteiger partial charge >= 0.3 is 6.18 Å². The Kier molecular flexibility index (Phi) is 4.98. The fourth-order valence-corrected chi connectivity index (χ4v) is 5.14. The average molecular weight is 452 g/mol. The number of aliphatic hydroxyl groups excluding tert-OH is 1. The van der Waals surface area contributed by atoms with Gasteiger partial charge in [0.1, 0.15) is 5.58 Å². The van der Waals surface area contributed by atoms with E-state index in [9.17, 15) is 28.2 Å². The van der Waals surface area contributed by atoms with Crippen LogP contribution in [0.4, 0.5) is 18.9 Å². The predicted molar refractivity (Wildman–Crippen MR) is 111 cm³/mol. The normalized spacial score (nSPS) is 27.3. The molecule has 2 aromatic rings. The van der Waals surface area contributed by atoms with Crippen LogP contribution in [-0.2, 0) is 6.18 Å². The quantitative estimate of drug-likeness (QED) is 0.657. The van der Waals surface area contributed by atoms with Crippen molar-refractivity contribution in [3.8, 4) is 0 Å². The molecule has 1 spiro atoms. The molecule has 2 aliphatic carbocycles. The Morgan fingerprint density at radius 1 is 1.19 bits per heavy atom. The van der Waals surface area contributed by atoms with E-state index in [0.717, 1.165) is 44.2 Å². The number of nitrogens with one attached hydrogen (secondary N) is 1. The van der Waals surface area contributed by atoms with Crippen molar-refractivity contribution in [3.63, 3.8) is 0 Å². The number of amides is 1. The number of alkyl halides is 3. The van der Waals surface area contributed by atoms with Crippen LogP contribution < -0.4 is 10.2 Å². The van der Waals surface area contributed by atoms with E-state index >= 15 is 0 Å². The zero-order chi connectivity index (χ0) is 22.7. The number of halogens is 3. The van der Waals surface area contributed by atoms with E-state index in [0.29, 0.717) is 42.9 Å². The number of fused-ring (bicyclic) bond motifs is 3. The second-order valence-corrected chi connectivity index (χ2v) is 9.76. The van der Waals surface area contributed by atoms with Gasteiger partial charge in [-0.2, -0.15) is 13.2 Å². The standard InChI is InChI=1S/C23H27F3N2O4/c24-23(25,26)15-1-2-17-16(11-15)18-19(32-17)20(30)27-21(8-9-21)12-28(18)10-5-14-3-6-22(31,13-29)7-4-14/h1-2,11,14,29,31H,3-10,12-13H2,(H,27,30). The van der Waals surface area contributed by atoms with Gasteiger partial charge in [0.25, 0.3) is 5.91 Å². The number of aliphatic hydroxyl groups is 2. The number of furan rings is 1. The summed E-state index contributed by atoms with van der Waals surface area (Å²) >= 11 is 0. The molecule has 1 aromatic carbocycles. The molecule has 0 bridgehead atoms. The lowest BCUT2D eigenvalue weighted by Gasteiger charge is -2.36. The van der Waals surface area contributed by atoms with Gasteiger partial charge in [-0.25, -0.2) is 0 Å². The molecule has 2 fully saturated rings. The van der Waals surface area contributed by atoms with Gasteiger partial charge in [-0.15, -0.1) is 0 Å². The Balaban J connectivity index is 1.45. The van der Waals surface area contributed by atoms with E-state index in [-0.39, 0.29) is 29.4 Å².